The Balaban J connectivity index is 1.69. The van der Waals surface area contributed by atoms with Crippen molar-refractivity contribution in [2.75, 3.05) is 11.9 Å². The van der Waals surface area contributed by atoms with Crippen molar-refractivity contribution in [3.8, 4) is 0 Å². The summed E-state index contributed by atoms with van der Waals surface area (Å²) < 4.78 is 0. The molecule has 156 valence electrons. The van der Waals surface area contributed by atoms with Gasteiger partial charge in [0.25, 0.3) is 5.91 Å². The van der Waals surface area contributed by atoms with E-state index >= 15 is 0 Å². The van der Waals surface area contributed by atoms with E-state index in [1.165, 1.54) is 18.6 Å². The van der Waals surface area contributed by atoms with Crippen molar-refractivity contribution in [2.24, 2.45) is 16.9 Å². The molecule has 0 aromatic carbocycles. The van der Waals surface area contributed by atoms with Gasteiger partial charge in [0.15, 0.2) is 5.82 Å². The van der Waals surface area contributed by atoms with Gasteiger partial charge in [-0.3, -0.25) is 24.6 Å². The fourth-order valence-corrected chi connectivity index (χ4v) is 3.87. The van der Waals surface area contributed by atoms with Gasteiger partial charge in [0.1, 0.15) is 6.04 Å². The molecule has 1 aliphatic heterocycles. The number of hydrogen-bond donors (Lipinski definition) is 2. The van der Waals surface area contributed by atoms with Crippen LogP contribution < -0.4 is 5.32 Å². The van der Waals surface area contributed by atoms with E-state index < -0.39 is 17.9 Å². The summed E-state index contributed by atoms with van der Waals surface area (Å²) in [4.78, 5) is 44.9. The number of aryl methyl sites for hydroxylation is 1. The lowest BCUT2D eigenvalue weighted by Gasteiger charge is -2.28. The van der Waals surface area contributed by atoms with E-state index in [0.717, 1.165) is 36.4 Å². The molecular weight excluding hydrogens is 376 g/mol. The minimum atomic E-state index is -0.806. The van der Waals surface area contributed by atoms with E-state index in [-0.39, 0.29) is 25.3 Å². The highest BCUT2D eigenvalue weighted by Gasteiger charge is 2.38. The van der Waals surface area contributed by atoms with Crippen LogP contribution in [-0.4, -0.2) is 62.3 Å². The zero-order valence-electron chi connectivity index (χ0n) is 16.4. The molecule has 0 bridgehead atoms. The summed E-state index contributed by atoms with van der Waals surface area (Å²) in [7, 11) is 0. The first-order valence-electron chi connectivity index (χ1n) is 9.83. The topological polar surface area (TPSA) is 128 Å². The van der Waals surface area contributed by atoms with Gasteiger partial charge in [0.05, 0.1) is 30.6 Å². The maximum atomic E-state index is 13.1. The van der Waals surface area contributed by atoms with E-state index in [1.807, 2.05) is 0 Å². The smallest absolute Gasteiger partial charge is 0.250 e. The first kappa shape index (κ1) is 20.8. The maximum absolute atomic E-state index is 13.1. The number of rotatable bonds is 8. The Kier molecular flexibility index (Phi) is 6.86. The zero-order valence-corrected chi connectivity index (χ0v) is 16.4. The standard InChI is InChI=1S/C19H26N6O4/c1-13-9-21-17(10-20-13)23-18(27)16-6-7-22-25(16)19(28)15(11-24(29)12-26)8-14-4-2-3-5-14/h7,9-10,12,14-16,29H,2-6,8,11H2,1H3,(H,21,23,27). The van der Waals surface area contributed by atoms with Crippen LogP contribution in [0.15, 0.2) is 17.5 Å². The molecule has 10 heteroatoms. The van der Waals surface area contributed by atoms with E-state index in [9.17, 15) is 19.6 Å². The van der Waals surface area contributed by atoms with Gasteiger partial charge < -0.3 is 5.32 Å². The van der Waals surface area contributed by atoms with Crippen LogP contribution in [0.2, 0.25) is 0 Å². The number of nitrogens with one attached hydrogen (secondary N) is 1. The van der Waals surface area contributed by atoms with Gasteiger partial charge in [-0.15, -0.1) is 0 Å². The van der Waals surface area contributed by atoms with Crippen LogP contribution in [0.4, 0.5) is 5.82 Å². The highest BCUT2D eigenvalue weighted by Crippen LogP contribution is 2.32. The van der Waals surface area contributed by atoms with Gasteiger partial charge in [-0.1, -0.05) is 25.7 Å². The summed E-state index contributed by atoms with van der Waals surface area (Å²) in [5, 5.41) is 18.0. The van der Waals surface area contributed by atoms with E-state index in [4.69, 9.17) is 0 Å². The normalized spacial score (nSPS) is 19.9. The lowest BCUT2D eigenvalue weighted by molar-refractivity contribution is -0.158. The van der Waals surface area contributed by atoms with Crippen molar-refractivity contribution >= 4 is 30.3 Å². The molecule has 10 nitrogen and oxygen atoms in total. The fraction of sp³-hybridized carbons (Fsp3) is 0.579. The number of anilines is 1. The third-order valence-corrected chi connectivity index (χ3v) is 5.36. The Bertz CT molecular complexity index is 762. The molecule has 29 heavy (non-hydrogen) atoms. The maximum Gasteiger partial charge on any atom is 0.250 e. The second-order valence-electron chi connectivity index (χ2n) is 7.58. The summed E-state index contributed by atoms with van der Waals surface area (Å²) in [6.07, 6.45) is 9.90. The predicted octanol–water partition coefficient (Wildman–Crippen LogP) is 1.35. The fourth-order valence-electron chi connectivity index (χ4n) is 3.87. The van der Waals surface area contributed by atoms with Gasteiger partial charge >= 0.3 is 0 Å². The number of aromatic nitrogens is 2. The van der Waals surface area contributed by atoms with E-state index in [0.29, 0.717) is 23.2 Å². The number of amides is 3. The molecule has 1 saturated carbocycles. The van der Waals surface area contributed by atoms with Crippen LogP contribution in [0.5, 0.6) is 0 Å². The van der Waals surface area contributed by atoms with Crippen LogP contribution in [0.25, 0.3) is 0 Å². The molecule has 3 rings (SSSR count). The van der Waals surface area contributed by atoms with Gasteiger partial charge in [0, 0.05) is 12.6 Å². The Morgan fingerprint density at radius 3 is 2.76 bits per heavy atom. The molecule has 0 saturated heterocycles. The molecule has 2 unspecified atom stereocenters. The lowest BCUT2D eigenvalue weighted by atomic mass is 9.92. The molecule has 1 aromatic rings. The monoisotopic (exact) mass is 402 g/mol. The summed E-state index contributed by atoms with van der Waals surface area (Å²) in [5.74, 6) is -0.750. The van der Waals surface area contributed by atoms with E-state index in [2.05, 4.69) is 20.4 Å². The lowest BCUT2D eigenvalue weighted by Crippen LogP contribution is -2.46. The molecule has 0 spiro atoms. The largest absolute Gasteiger partial charge is 0.308 e. The minimum absolute atomic E-state index is 0.122. The van der Waals surface area contributed by atoms with Crippen molar-refractivity contribution in [2.45, 2.75) is 51.5 Å². The molecule has 2 atom stereocenters. The first-order valence-corrected chi connectivity index (χ1v) is 9.83. The van der Waals surface area contributed by atoms with Crippen molar-refractivity contribution in [1.82, 2.24) is 20.0 Å². The second-order valence-corrected chi connectivity index (χ2v) is 7.58. The van der Waals surface area contributed by atoms with Crippen molar-refractivity contribution in [3.05, 3.63) is 18.1 Å². The second kappa shape index (κ2) is 9.55. The van der Waals surface area contributed by atoms with Crippen LogP contribution in [0.3, 0.4) is 0 Å². The molecule has 1 fully saturated rings. The third kappa shape index (κ3) is 5.35. The molecule has 2 aliphatic rings. The van der Waals surface area contributed by atoms with Crippen LogP contribution in [0.1, 0.15) is 44.2 Å². The molecule has 0 radical (unpaired) electrons. The highest BCUT2D eigenvalue weighted by molar-refractivity contribution is 5.99. The molecule has 1 aromatic heterocycles. The molecule has 1 aliphatic carbocycles. The molecule has 2 N–H and O–H groups in total. The molecule has 2 heterocycles. The third-order valence-electron chi connectivity index (χ3n) is 5.36. The van der Waals surface area contributed by atoms with Gasteiger partial charge in [0.2, 0.25) is 12.3 Å². The van der Waals surface area contributed by atoms with Crippen molar-refractivity contribution < 1.29 is 19.6 Å². The number of hydrazone groups is 1. The zero-order chi connectivity index (χ0) is 20.8. The Hall–Kier alpha value is -2.88. The Morgan fingerprint density at radius 1 is 1.34 bits per heavy atom. The first-order chi connectivity index (χ1) is 14.0. The SMILES string of the molecule is Cc1cnc(NC(=O)C2CC=NN2C(=O)C(CC2CCCC2)CN(O)C=O)cn1. The summed E-state index contributed by atoms with van der Waals surface area (Å²) in [5.41, 5.74) is 0.725. The summed E-state index contributed by atoms with van der Waals surface area (Å²) in [6, 6.07) is -0.806. The average Bonchev–Trinajstić information content (AvgIpc) is 3.40. The van der Waals surface area contributed by atoms with Crippen LogP contribution in [-0.2, 0) is 14.4 Å². The number of hydrogen-bond acceptors (Lipinski definition) is 7. The van der Waals surface area contributed by atoms with Crippen molar-refractivity contribution in [1.29, 1.82) is 0 Å². The van der Waals surface area contributed by atoms with Crippen LogP contribution >= 0.6 is 0 Å². The molecule has 3 amide bonds. The predicted molar refractivity (Wildman–Crippen MR) is 104 cm³/mol. The quantitative estimate of drug-likeness (QED) is 0.384. The highest BCUT2D eigenvalue weighted by atomic mass is 16.5. The summed E-state index contributed by atoms with van der Waals surface area (Å²) >= 11 is 0. The molecular formula is C19H26N6O4. The number of carbonyl (C=O) groups is 3. The number of hydroxylamine groups is 2. The van der Waals surface area contributed by atoms with Gasteiger partial charge in [-0.2, -0.15) is 5.10 Å². The Labute approximate surface area is 169 Å². The van der Waals surface area contributed by atoms with Gasteiger partial charge in [-0.05, 0) is 19.3 Å². The number of nitrogens with zero attached hydrogens (tertiary/aromatic N) is 5. The van der Waals surface area contributed by atoms with E-state index in [1.54, 1.807) is 6.92 Å². The average molecular weight is 402 g/mol. The minimum Gasteiger partial charge on any atom is -0.308 e. The summed E-state index contributed by atoms with van der Waals surface area (Å²) in [6.45, 7) is 1.67. The van der Waals surface area contributed by atoms with Gasteiger partial charge in [-0.25, -0.2) is 15.1 Å². The number of carbonyl (C=O) groups excluding carboxylic acids is 3. The van der Waals surface area contributed by atoms with Crippen molar-refractivity contribution in [3.63, 3.8) is 0 Å². The Morgan fingerprint density at radius 2 is 2.10 bits per heavy atom. The van der Waals surface area contributed by atoms with Crippen LogP contribution in [0, 0.1) is 18.8 Å².